The molecule has 4 nitrogen and oxygen atoms in total. The van der Waals surface area contributed by atoms with Crippen LogP contribution in [0.5, 0.6) is 0 Å². The van der Waals surface area contributed by atoms with Gasteiger partial charge in [0, 0.05) is 31.3 Å². The predicted molar refractivity (Wildman–Crippen MR) is 92.2 cm³/mol. The van der Waals surface area contributed by atoms with Crippen LogP contribution in [0.15, 0.2) is 24.3 Å². The molecule has 1 aromatic carbocycles. The first-order chi connectivity index (χ1) is 10.6. The number of thioether (sulfide) groups is 1. The van der Waals surface area contributed by atoms with Crippen molar-refractivity contribution < 1.29 is 14.2 Å². The van der Waals surface area contributed by atoms with Gasteiger partial charge in [-0.25, -0.2) is 0 Å². The SMILES string of the molecule is CCOC(CN1c2ccccc2CSC1(C)OCC)OCC. The zero-order valence-electron chi connectivity index (χ0n) is 14.0. The van der Waals surface area contributed by atoms with Gasteiger partial charge in [-0.1, -0.05) is 18.2 Å². The van der Waals surface area contributed by atoms with E-state index in [1.165, 1.54) is 11.3 Å². The number of rotatable bonds is 8. The molecule has 5 heteroatoms. The Morgan fingerprint density at radius 1 is 1.14 bits per heavy atom. The minimum Gasteiger partial charge on any atom is -0.351 e. The molecule has 1 aliphatic rings. The molecule has 22 heavy (non-hydrogen) atoms. The second-order valence-corrected chi connectivity index (χ2v) is 6.53. The minimum atomic E-state index is -0.393. The first-order valence-corrected chi connectivity index (χ1v) is 8.99. The van der Waals surface area contributed by atoms with E-state index in [0.717, 1.165) is 5.75 Å². The molecule has 0 bridgehead atoms. The summed E-state index contributed by atoms with van der Waals surface area (Å²) in [4.78, 5) is 2.27. The van der Waals surface area contributed by atoms with E-state index in [4.69, 9.17) is 14.2 Å². The highest BCUT2D eigenvalue weighted by Gasteiger charge is 2.39. The van der Waals surface area contributed by atoms with Gasteiger partial charge in [0.2, 0.25) is 0 Å². The van der Waals surface area contributed by atoms with Crippen molar-refractivity contribution in [3.63, 3.8) is 0 Å². The Bertz CT molecular complexity index is 465. The lowest BCUT2D eigenvalue weighted by molar-refractivity contribution is -0.133. The highest BCUT2D eigenvalue weighted by atomic mass is 32.2. The van der Waals surface area contributed by atoms with E-state index in [1.807, 2.05) is 32.5 Å². The topological polar surface area (TPSA) is 30.9 Å². The molecule has 1 heterocycles. The lowest BCUT2D eigenvalue weighted by Gasteiger charge is -2.46. The zero-order valence-corrected chi connectivity index (χ0v) is 14.8. The van der Waals surface area contributed by atoms with Gasteiger partial charge in [-0.2, -0.15) is 0 Å². The largest absolute Gasteiger partial charge is 0.351 e. The van der Waals surface area contributed by atoms with Gasteiger partial charge in [0.15, 0.2) is 11.3 Å². The Morgan fingerprint density at radius 2 is 1.82 bits per heavy atom. The van der Waals surface area contributed by atoms with Crippen molar-refractivity contribution in [2.24, 2.45) is 0 Å². The Balaban J connectivity index is 2.28. The molecule has 0 saturated heterocycles. The summed E-state index contributed by atoms with van der Waals surface area (Å²) in [5.41, 5.74) is 2.54. The van der Waals surface area contributed by atoms with Gasteiger partial charge in [0.05, 0.1) is 6.54 Å². The van der Waals surface area contributed by atoms with Gasteiger partial charge in [-0.15, -0.1) is 11.8 Å². The van der Waals surface area contributed by atoms with Crippen molar-refractivity contribution in [3.05, 3.63) is 29.8 Å². The van der Waals surface area contributed by atoms with Crippen molar-refractivity contribution >= 4 is 17.4 Å². The molecule has 0 spiro atoms. The Morgan fingerprint density at radius 3 is 2.45 bits per heavy atom. The van der Waals surface area contributed by atoms with Gasteiger partial charge in [-0.3, -0.25) is 0 Å². The summed E-state index contributed by atoms with van der Waals surface area (Å²) in [6, 6.07) is 8.49. The fourth-order valence-corrected chi connectivity index (χ4v) is 3.93. The lowest BCUT2D eigenvalue weighted by atomic mass is 10.1. The molecule has 1 unspecified atom stereocenters. The summed E-state index contributed by atoms with van der Waals surface area (Å²) in [5, 5.41) is -0.393. The van der Waals surface area contributed by atoms with Gasteiger partial charge in [-0.05, 0) is 39.3 Å². The molecular formula is C17H27NO3S. The Kier molecular flexibility index (Phi) is 6.56. The maximum Gasteiger partial charge on any atom is 0.187 e. The highest BCUT2D eigenvalue weighted by Crippen LogP contribution is 2.44. The third-order valence-corrected chi connectivity index (χ3v) is 5.05. The van der Waals surface area contributed by atoms with E-state index < -0.39 is 5.06 Å². The van der Waals surface area contributed by atoms with Crippen LogP contribution in [0.25, 0.3) is 0 Å². The number of benzene rings is 1. The van der Waals surface area contributed by atoms with Crippen LogP contribution >= 0.6 is 11.8 Å². The molecule has 0 amide bonds. The van der Waals surface area contributed by atoms with Crippen LogP contribution in [-0.4, -0.2) is 37.7 Å². The van der Waals surface area contributed by atoms with Crippen LogP contribution in [0.3, 0.4) is 0 Å². The quantitative estimate of drug-likeness (QED) is 0.678. The number of nitrogens with zero attached hydrogens (tertiary/aromatic N) is 1. The molecule has 0 aliphatic carbocycles. The summed E-state index contributed by atoms with van der Waals surface area (Å²) in [7, 11) is 0. The van der Waals surface area contributed by atoms with Crippen molar-refractivity contribution in [2.45, 2.75) is 44.8 Å². The van der Waals surface area contributed by atoms with E-state index in [0.29, 0.717) is 26.4 Å². The second-order valence-electron chi connectivity index (χ2n) is 5.20. The lowest BCUT2D eigenvalue weighted by Crippen LogP contribution is -2.52. The minimum absolute atomic E-state index is 0.249. The molecule has 0 fully saturated rings. The van der Waals surface area contributed by atoms with Gasteiger partial charge in [0.25, 0.3) is 0 Å². The number of para-hydroxylation sites is 1. The first-order valence-electron chi connectivity index (χ1n) is 8.01. The number of fused-ring (bicyclic) bond motifs is 1. The molecule has 0 N–H and O–H groups in total. The molecule has 1 aromatic rings. The maximum atomic E-state index is 6.07. The standard InChI is InChI=1S/C17H27NO3S/c1-5-19-16(20-6-2)12-18-15-11-9-8-10-14(15)13-22-17(18,4)21-7-3/h8-11,16H,5-7,12-13H2,1-4H3. The van der Waals surface area contributed by atoms with Gasteiger partial charge < -0.3 is 19.1 Å². The average Bonchev–Trinajstić information content (AvgIpc) is 2.51. The third-order valence-electron chi connectivity index (χ3n) is 3.72. The second kappa shape index (κ2) is 8.20. The molecule has 2 rings (SSSR count). The van der Waals surface area contributed by atoms with Crippen molar-refractivity contribution in [1.82, 2.24) is 0 Å². The normalized spacial score (nSPS) is 21.2. The monoisotopic (exact) mass is 325 g/mol. The van der Waals surface area contributed by atoms with Crippen LogP contribution in [0.4, 0.5) is 5.69 Å². The first kappa shape index (κ1) is 17.6. The summed E-state index contributed by atoms with van der Waals surface area (Å²) in [6.07, 6.45) is -0.249. The van der Waals surface area contributed by atoms with Crippen LogP contribution in [-0.2, 0) is 20.0 Å². The van der Waals surface area contributed by atoms with E-state index in [1.54, 1.807) is 0 Å². The Labute approximate surface area is 138 Å². The number of hydrogen-bond donors (Lipinski definition) is 0. The summed E-state index contributed by atoms with van der Waals surface area (Å²) in [6.45, 7) is 10.8. The molecule has 0 radical (unpaired) electrons. The van der Waals surface area contributed by atoms with Crippen LogP contribution in [0, 0.1) is 0 Å². The van der Waals surface area contributed by atoms with Crippen LogP contribution in [0.1, 0.15) is 33.3 Å². The molecule has 1 aliphatic heterocycles. The summed E-state index contributed by atoms with van der Waals surface area (Å²) >= 11 is 1.81. The molecular weight excluding hydrogens is 298 g/mol. The van der Waals surface area contributed by atoms with E-state index in [9.17, 15) is 0 Å². The molecule has 0 aromatic heterocycles. The highest BCUT2D eigenvalue weighted by molar-refractivity contribution is 7.99. The predicted octanol–water partition coefficient (Wildman–Crippen LogP) is 3.85. The number of ether oxygens (including phenoxy) is 3. The molecule has 124 valence electrons. The zero-order chi connectivity index (χ0) is 16.0. The van der Waals surface area contributed by atoms with Crippen molar-refractivity contribution in [1.29, 1.82) is 0 Å². The number of anilines is 1. The van der Waals surface area contributed by atoms with Crippen molar-refractivity contribution in [3.8, 4) is 0 Å². The van der Waals surface area contributed by atoms with Crippen molar-refractivity contribution in [2.75, 3.05) is 31.3 Å². The maximum absolute atomic E-state index is 6.07. The van der Waals surface area contributed by atoms with Gasteiger partial charge in [0.1, 0.15) is 0 Å². The van der Waals surface area contributed by atoms with Crippen LogP contribution in [0.2, 0.25) is 0 Å². The molecule has 0 saturated carbocycles. The smallest absolute Gasteiger partial charge is 0.187 e. The number of hydrogen-bond acceptors (Lipinski definition) is 5. The summed E-state index contributed by atoms with van der Waals surface area (Å²) < 4.78 is 17.6. The molecule has 1 atom stereocenters. The average molecular weight is 325 g/mol. The Hall–Kier alpha value is -0.750. The van der Waals surface area contributed by atoms with Gasteiger partial charge >= 0.3 is 0 Å². The van der Waals surface area contributed by atoms with E-state index in [-0.39, 0.29) is 6.29 Å². The van der Waals surface area contributed by atoms with E-state index in [2.05, 4.69) is 36.1 Å². The fraction of sp³-hybridized carbons (Fsp3) is 0.647. The van der Waals surface area contributed by atoms with Crippen LogP contribution < -0.4 is 4.90 Å². The fourth-order valence-electron chi connectivity index (χ4n) is 2.73. The van der Waals surface area contributed by atoms with E-state index >= 15 is 0 Å². The third kappa shape index (κ3) is 3.96. The summed E-state index contributed by atoms with van der Waals surface area (Å²) in [5.74, 6) is 0.955.